The molecule has 0 spiro atoms. The van der Waals surface area contributed by atoms with Crippen LogP contribution in [0.3, 0.4) is 0 Å². The molecule has 5 nitrogen and oxygen atoms in total. The molecule has 0 amide bonds. The molecule has 6 heteroatoms. The maximum atomic E-state index is 5.53. The van der Waals surface area contributed by atoms with Crippen LogP contribution in [0, 0.1) is 0 Å². The summed E-state index contributed by atoms with van der Waals surface area (Å²) < 4.78 is 8.07. The number of hydrogen-bond donors (Lipinski definition) is 1. The van der Waals surface area contributed by atoms with Gasteiger partial charge in [0.1, 0.15) is 0 Å². The number of nitrogens with zero attached hydrogens (tertiary/aromatic N) is 3. The maximum absolute atomic E-state index is 5.53. The first-order valence-corrected chi connectivity index (χ1v) is 6.20. The first-order valence-electron chi connectivity index (χ1n) is 5.40. The largest absolute Gasteiger partial charge is 0.379 e. The van der Waals surface area contributed by atoms with Crippen molar-refractivity contribution in [1.29, 1.82) is 0 Å². The number of hydrogen-bond acceptors (Lipinski definition) is 4. The number of ether oxygens (including phenoxy) is 1. The van der Waals surface area contributed by atoms with Crippen LogP contribution < -0.4 is 5.32 Å². The molecule has 2 atom stereocenters. The Morgan fingerprint density at radius 1 is 1.56 bits per heavy atom. The molecule has 16 heavy (non-hydrogen) atoms. The number of methoxy groups -OCH3 is 1. The molecule has 0 aliphatic carbocycles. The maximum Gasteiger partial charge on any atom is 0.153 e. The molecule has 0 saturated carbocycles. The second kappa shape index (κ2) is 6.32. The lowest BCUT2D eigenvalue weighted by atomic mass is 10.0. The molecule has 1 N–H and O–H groups in total. The molecule has 0 saturated heterocycles. The lowest BCUT2D eigenvalue weighted by molar-refractivity contribution is 0.0603. The van der Waals surface area contributed by atoms with Gasteiger partial charge in [0, 0.05) is 14.2 Å². The van der Waals surface area contributed by atoms with Crippen LogP contribution in [0.15, 0.2) is 4.60 Å². The van der Waals surface area contributed by atoms with Gasteiger partial charge in [-0.15, -0.1) is 5.10 Å². The average Bonchev–Trinajstić information content (AvgIpc) is 2.60. The van der Waals surface area contributed by atoms with E-state index >= 15 is 0 Å². The lowest BCUT2D eigenvalue weighted by Gasteiger charge is -2.25. The molecule has 1 aromatic rings. The van der Waals surface area contributed by atoms with E-state index in [-0.39, 0.29) is 12.1 Å². The van der Waals surface area contributed by atoms with Crippen LogP contribution in [0.2, 0.25) is 0 Å². The van der Waals surface area contributed by atoms with Crippen molar-refractivity contribution in [3.05, 3.63) is 10.3 Å². The number of halogens is 1. The third-order valence-electron chi connectivity index (χ3n) is 2.68. The number of aryl methyl sites for hydroxylation is 1. The highest BCUT2D eigenvalue weighted by atomic mass is 79.9. The first kappa shape index (κ1) is 13.6. The Labute approximate surface area is 105 Å². The zero-order valence-electron chi connectivity index (χ0n) is 10.2. The second-order valence-corrected chi connectivity index (χ2v) is 4.47. The Bertz CT molecular complexity index is 309. The summed E-state index contributed by atoms with van der Waals surface area (Å²) in [6.45, 7) is 2.15. The Hall–Kier alpha value is -0.460. The van der Waals surface area contributed by atoms with Crippen LogP contribution in [-0.2, 0) is 11.8 Å². The Morgan fingerprint density at radius 2 is 2.25 bits per heavy atom. The van der Waals surface area contributed by atoms with E-state index in [1.54, 1.807) is 11.8 Å². The fourth-order valence-corrected chi connectivity index (χ4v) is 2.45. The van der Waals surface area contributed by atoms with Crippen molar-refractivity contribution >= 4 is 15.9 Å². The van der Waals surface area contributed by atoms with Crippen molar-refractivity contribution in [1.82, 2.24) is 20.3 Å². The third kappa shape index (κ3) is 2.81. The second-order valence-electron chi connectivity index (χ2n) is 3.72. The minimum Gasteiger partial charge on any atom is -0.379 e. The van der Waals surface area contributed by atoms with Gasteiger partial charge in [-0.2, -0.15) is 0 Å². The molecule has 0 aromatic carbocycles. The Balaban J connectivity index is 2.96. The summed E-state index contributed by atoms with van der Waals surface area (Å²) in [5.41, 5.74) is 1.02. The molecule has 0 bridgehead atoms. The molecule has 0 aliphatic heterocycles. The summed E-state index contributed by atoms with van der Waals surface area (Å²) >= 11 is 3.42. The molecule has 1 aromatic heterocycles. The van der Waals surface area contributed by atoms with Crippen LogP contribution in [0.25, 0.3) is 0 Å². The van der Waals surface area contributed by atoms with Gasteiger partial charge in [-0.3, -0.25) is 0 Å². The van der Waals surface area contributed by atoms with Crippen LogP contribution in [0.1, 0.15) is 31.5 Å². The van der Waals surface area contributed by atoms with Crippen molar-refractivity contribution in [3.8, 4) is 0 Å². The van der Waals surface area contributed by atoms with Crippen molar-refractivity contribution in [2.75, 3.05) is 14.2 Å². The summed E-state index contributed by atoms with van der Waals surface area (Å²) in [7, 11) is 5.55. The van der Waals surface area contributed by atoms with E-state index in [4.69, 9.17) is 4.74 Å². The van der Waals surface area contributed by atoms with Gasteiger partial charge >= 0.3 is 0 Å². The number of nitrogens with one attached hydrogen (secondary N) is 1. The van der Waals surface area contributed by atoms with Gasteiger partial charge in [0.2, 0.25) is 0 Å². The molecule has 0 aliphatic rings. The average molecular weight is 291 g/mol. The highest BCUT2D eigenvalue weighted by Crippen LogP contribution is 2.26. The topological polar surface area (TPSA) is 52.0 Å². The molecule has 0 fully saturated rings. The minimum absolute atomic E-state index is 0.0966. The van der Waals surface area contributed by atoms with Gasteiger partial charge in [-0.05, 0) is 29.4 Å². The lowest BCUT2D eigenvalue weighted by Crippen LogP contribution is -2.32. The predicted molar refractivity (Wildman–Crippen MR) is 66.2 cm³/mol. The van der Waals surface area contributed by atoms with Gasteiger partial charge in [-0.1, -0.05) is 18.6 Å². The molecular formula is C10H19BrN4O. The minimum atomic E-state index is 0.0966. The molecule has 0 radical (unpaired) electrons. The van der Waals surface area contributed by atoms with Gasteiger partial charge in [0.05, 0.1) is 17.8 Å². The first-order chi connectivity index (χ1) is 7.65. The standard InChI is InChI=1S/C10H19BrN4O/c1-5-6-7(16-4)8(12-2)9-10(11)13-14-15(9)3/h7-8,12H,5-6H2,1-4H3. The molecule has 92 valence electrons. The van der Waals surface area contributed by atoms with E-state index in [9.17, 15) is 0 Å². The summed E-state index contributed by atoms with van der Waals surface area (Å²) in [5, 5.41) is 11.2. The smallest absolute Gasteiger partial charge is 0.153 e. The molecule has 1 rings (SSSR count). The van der Waals surface area contributed by atoms with E-state index in [0.717, 1.165) is 23.1 Å². The third-order valence-corrected chi connectivity index (χ3v) is 3.24. The number of likely N-dealkylation sites (N-methyl/N-ethyl adjacent to an activating group) is 1. The SMILES string of the molecule is CCCC(OC)C(NC)c1c(Br)nnn1C. The normalized spacial score (nSPS) is 15.1. The zero-order chi connectivity index (χ0) is 12.1. The van der Waals surface area contributed by atoms with E-state index in [2.05, 4.69) is 38.5 Å². The van der Waals surface area contributed by atoms with E-state index < -0.39 is 0 Å². The van der Waals surface area contributed by atoms with Gasteiger partial charge in [-0.25, -0.2) is 4.68 Å². The van der Waals surface area contributed by atoms with Crippen molar-refractivity contribution < 1.29 is 4.74 Å². The van der Waals surface area contributed by atoms with Crippen molar-refractivity contribution in [2.24, 2.45) is 7.05 Å². The molecule has 1 heterocycles. The molecule has 2 unspecified atom stereocenters. The van der Waals surface area contributed by atoms with Gasteiger partial charge in [0.15, 0.2) is 4.60 Å². The van der Waals surface area contributed by atoms with Crippen LogP contribution >= 0.6 is 15.9 Å². The van der Waals surface area contributed by atoms with Crippen molar-refractivity contribution in [3.63, 3.8) is 0 Å². The zero-order valence-corrected chi connectivity index (χ0v) is 11.8. The fourth-order valence-electron chi connectivity index (χ4n) is 1.87. The summed E-state index contributed by atoms with van der Waals surface area (Å²) in [4.78, 5) is 0. The monoisotopic (exact) mass is 290 g/mol. The number of rotatable bonds is 6. The van der Waals surface area contributed by atoms with E-state index in [1.165, 1.54) is 0 Å². The quantitative estimate of drug-likeness (QED) is 0.866. The van der Waals surface area contributed by atoms with Crippen molar-refractivity contribution in [2.45, 2.75) is 31.9 Å². The predicted octanol–water partition coefficient (Wildman–Crippen LogP) is 1.65. The highest BCUT2D eigenvalue weighted by Gasteiger charge is 2.26. The van der Waals surface area contributed by atoms with Crippen LogP contribution in [0.5, 0.6) is 0 Å². The van der Waals surface area contributed by atoms with Gasteiger partial charge in [0.25, 0.3) is 0 Å². The van der Waals surface area contributed by atoms with Crippen LogP contribution in [0.4, 0.5) is 0 Å². The van der Waals surface area contributed by atoms with E-state index in [1.807, 2.05) is 14.1 Å². The fraction of sp³-hybridized carbons (Fsp3) is 0.800. The van der Waals surface area contributed by atoms with Crippen LogP contribution in [-0.4, -0.2) is 35.3 Å². The number of aromatic nitrogens is 3. The highest BCUT2D eigenvalue weighted by molar-refractivity contribution is 9.10. The summed E-state index contributed by atoms with van der Waals surface area (Å²) in [6, 6.07) is 0.0966. The summed E-state index contributed by atoms with van der Waals surface area (Å²) in [6.07, 6.45) is 2.21. The molecular weight excluding hydrogens is 272 g/mol. The van der Waals surface area contributed by atoms with Gasteiger partial charge < -0.3 is 10.1 Å². The Morgan fingerprint density at radius 3 is 2.62 bits per heavy atom. The van der Waals surface area contributed by atoms with E-state index in [0.29, 0.717) is 0 Å². The Kier molecular flexibility index (Phi) is 5.37. The summed E-state index contributed by atoms with van der Waals surface area (Å²) in [5.74, 6) is 0.